The Hall–Kier alpha value is -6.97. The zero-order chi connectivity index (χ0) is 38.8. The van der Waals surface area contributed by atoms with Gasteiger partial charge >= 0.3 is 0 Å². The van der Waals surface area contributed by atoms with Gasteiger partial charge in [-0.3, -0.25) is 0 Å². The number of allylic oxidation sites excluding steroid dienone is 4. The number of aromatic nitrogens is 3. The Morgan fingerprint density at radius 2 is 0.948 bits per heavy atom. The van der Waals surface area contributed by atoms with Gasteiger partial charge in [-0.05, 0) is 85.3 Å². The van der Waals surface area contributed by atoms with E-state index in [0.29, 0.717) is 11.6 Å². The van der Waals surface area contributed by atoms with Crippen LogP contribution in [0.5, 0.6) is 0 Å². The Morgan fingerprint density at radius 1 is 0.414 bits per heavy atom. The van der Waals surface area contributed by atoms with E-state index in [1.165, 1.54) is 50.1 Å². The highest BCUT2D eigenvalue weighted by atomic mass is 15.0. The molecule has 0 saturated carbocycles. The van der Waals surface area contributed by atoms with Crippen LogP contribution in [0.25, 0.3) is 56.2 Å². The van der Waals surface area contributed by atoms with Gasteiger partial charge in [0.15, 0.2) is 11.6 Å². The maximum absolute atomic E-state index is 5.12. The van der Waals surface area contributed by atoms with Gasteiger partial charge in [0, 0.05) is 22.5 Å². The second-order valence-corrected chi connectivity index (χ2v) is 16.3. The van der Waals surface area contributed by atoms with Crippen molar-refractivity contribution >= 4 is 0 Å². The lowest BCUT2D eigenvalue weighted by Gasteiger charge is -2.46. The van der Waals surface area contributed by atoms with Crippen LogP contribution in [0.2, 0.25) is 0 Å². The van der Waals surface area contributed by atoms with Crippen molar-refractivity contribution in [3.8, 4) is 56.2 Å². The predicted octanol–water partition coefficient (Wildman–Crippen LogP) is 13.1. The van der Waals surface area contributed by atoms with Gasteiger partial charge < -0.3 is 0 Å². The Bertz CT molecular complexity index is 2910. The molecule has 0 amide bonds. The van der Waals surface area contributed by atoms with E-state index in [0.717, 1.165) is 40.1 Å². The van der Waals surface area contributed by atoms with E-state index >= 15 is 0 Å². The van der Waals surface area contributed by atoms with Crippen molar-refractivity contribution in [2.45, 2.75) is 37.0 Å². The molecule has 0 N–H and O–H groups in total. The molecule has 1 unspecified atom stereocenters. The van der Waals surface area contributed by atoms with Gasteiger partial charge in [-0.1, -0.05) is 196 Å². The van der Waals surface area contributed by atoms with E-state index in [2.05, 4.69) is 202 Å². The molecule has 0 aliphatic heterocycles. The van der Waals surface area contributed by atoms with Gasteiger partial charge in [0.25, 0.3) is 0 Å². The van der Waals surface area contributed by atoms with Gasteiger partial charge in [-0.15, -0.1) is 0 Å². The first-order chi connectivity index (χ1) is 28.5. The molecule has 0 fully saturated rings. The Kier molecular flexibility index (Phi) is 7.87. The third kappa shape index (κ3) is 5.23. The summed E-state index contributed by atoms with van der Waals surface area (Å²) in [5, 5.41) is 0. The fourth-order valence-electron chi connectivity index (χ4n) is 9.90. The van der Waals surface area contributed by atoms with E-state index in [-0.39, 0.29) is 11.3 Å². The Morgan fingerprint density at radius 3 is 1.66 bits per heavy atom. The van der Waals surface area contributed by atoms with Crippen LogP contribution in [-0.4, -0.2) is 15.0 Å². The number of benzene rings is 7. The number of hydrogen-bond donors (Lipinski definition) is 0. The molecule has 3 heteroatoms. The third-order valence-corrected chi connectivity index (χ3v) is 12.7. The van der Waals surface area contributed by atoms with Crippen molar-refractivity contribution in [1.29, 1.82) is 0 Å². The summed E-state index contributed by atoms with van der Waals surface area (Å²) in [5.41, 5.74) is 16.8. The highest BCUT2D eigenvalue weighted by Crippen LogP contribution is 2.62. The molecular weight excluding hydrogens is 703 g/mol. The Balaban J connectivity index is 1.02. The van der Waals surface area contributed by atoms with E-state index in [4.69, 9.17) is 15.0 Å². The highest BCUT2D eigenvalue weighted by Gasteiger charge is 2.53. The molecule has 0 radical (unpaired) electrons. The van der Waals surface area contributed by atoms with Gasteiger partial charge in [0.1, 0.15) is 5.82 Å². The van der Waals surface area contributed by atoms with Crippen LogP contribution in [0.1, 0.15) is 65.4 Å². The average molecular weight is 744 g/mol. The minimum Gasteiger partial charge on any atom is -0.212 e. The van der Waals surface area contributed by atoms with Crippen molar-refractivity contribution in [1.82, 2.24) is 15.0 Å². The average Bonchev–Trinajstić information content (AvgIpc) is 3.59. The first kappa shape index (κ1) is 34.3. The highest BCUT2D eigenvalue weighted by molar-refractivity contribution is 5.89. The molecule has 8 aromatic rings. The van der Waals surface area contributed by atoms with Crippen LogP contribution in [0.3, 0.4) is 0 Å². The maximum Gasteiger partial charge on any atom is 0.163 e. The van der Waals surface area contributed by atoms with Crippen molar-refractivity contribution in [3.63, 3.8) is 0 Å². The third-order valence-electron chi connectivity index (χ3n) is 12.7. The summed E-state index contributed by atoms with van der Waals surface area (Å²) in [5.74, 6) is 2.25. The largest absolute Gasteiger partial charge is 0.212 e. The zero-order valence-electron chi connectivity index (χ0n) is 32.6. The van der Waals surface area contributed by atoms with Crippen LogP contribution < -0.4 is 0 Å². The molecular formula is C55H41N3. The first-order valence-electron chi connectivity index (χ1n) is 20.3. The van der Waals surface area contributed by atoms with E-state index in [1.54, 1.807) is 0 Å². The molecule has 3 nitrogen and oxygen atoms in total. The number of rotatable bonds is 5. The van der Waals surface area contributed by atoms with Crippen LogP contribution in [0.4, 0.5) is 0 Å². The molecule has 7 aromatic carbocycles. The summed E-state index contributed by atoms with van der Waals surface area (Å²) in [7, 11) is 0. The fourth-order valence-corrected chi connectivity index (χ4v) is 9.90. The molecule has 1 spiro atoms. The van der Waals surface area contributed by atoms with Gasteiger partial charge in [0.05, 0.1) is 5.41 Å². The minimum atomic E-state index is -0.394. The molecule has 3 aliphatic carbocycles. The van der Waals surface area contributed by atoms with Crippen LogP contribution >= 0.6 is 0 Å². The molecule has 1 atom stereocenters. The standard InChI is InChI=1S/C55H41N3/c1-54(2)47-26-13-14-27-48(47)55(45-24-11-9-22-43(45)44-23-10-12-25-46(44)55)49-33-32-41(35-50(49)54)37-28-30-39(31-29-37)52-56-51(38-18-7-4-8-19-38)57-53(58-52)42-21-15-20-40(34-42)36-16-5-3-6-17-36/h3-18,20-35,38H,19H2,1-2H3. The number of nitrogens with zero attached hydrogens (tertiary/aromatic N) is 3. The summed E-state index contributed by atoms with van der Waals surface area (Å²) in [6.07, 6.45) is 9.42. The lowest BCUT2D eigenvalue weighted by atomic mass is 9.55. The van der Waals surface area contributed by atoms with Gasteiger partial charge in [-0.2, -0.15) is 0 Å². The normalized spacial score (nSPS) is 16.3. The summed E-state index contributed by atoms with van der Waals surface area (Å²) < 4.78 is 0. The summed E-state index contributed by atoms with van der Waals surface area (Å²) >= 11 is 0. The molecule has 11 rings (SSSR count). The second kappa shape index (κ2) is 13.3. The topological polar surface area (TPSA) is 38.7 Å². The Labute approximate surface area is 340 Å². The second-order valence-electron chi connectivity index (χ2n) is 16.3. The quantitative estimate of drug-likeness (QED) is 0.176. The van der Waals surface area contributed by atoms with Crippen molar-refractivity contribution < 1.29 is 0 Å². The zero-order valence-corrected chi connectivity index (χ0v) is 32.6. The van der Waals surface area contributed by atoms with Crippen LogP contribution in [0, 0.1) is 0 Å². The van der Waals surface area contributed by atoms with Crippen molar-refractivity contribution in [2.24, 2.45) is 0 Å². The molecule has 3 aliphatic rings. The first-order valence-corrected chi connectivity index (χ1v) is 20.3. The molecule has 1 heterocycles. The smallest absolute Gasteiger partial charge is 0.163 e. The molecule has 1 aromatic heterocycles. The molecule has 0 bridgehead atoms. The molecule has 276 valence electrons. The van der Waals surface area contributed by atoms with Gasteiger partial charge in [0.2, 0.25) is 0 Å². The number of fused-ring (bicyclic) bond motifs is 9. The van der Waals surface area contributed by atoms with Gasteiger partial charge in [-0.25, -0.2) is 15.0 Å². The molecule has 0 saturated heterocycles. The van der Waals surface area contributed by atoms with Crippen LogP contribution in [0.15, 0.2) is 194 Å². The predicted molar refractivity (Wildman–Crippen MR) is 237 cm³/mol. The maximum atomic E-state index is 5.12. The van der Waals surface area contributed by atoms with Crippen molar-refractivity contribution in [3.05, 3.63) is 233 Å². The van der Waals surface area contributed by atoms with Crippen LogP contribution in [-0.2, 0) is 10.8 Å². The summed E-state index contributed by atoms with van der Waals surface area (Å²) in [6.45, 7) is 4.78. The lowest BCUT2D eigenvalue weighted by molar-refractivity contribution is 0.563. The van der Waals surface area contributed by atoms with E-state index in [1.807, 2.05) is 6.07 Å². The SMILES string of the molecule is CC1(C)c2ccccc2C2(c3ccccc3-c3ccccc32)c2ccc(-c3ccc(-c4nc(-c5cccc(-c6ccccc6)c5)nc(C5C=CC=CC5)n4)cc3)cc21. The summed E-state index contributed by atoms with van der Waals surface area (Å²) in [6, 6.07) is 62.1. The monoisotopic (exact) mass is 743 g/mol. The number of hydrogen-bond acceptors (Lipinski definition) is 3. The molecule has 58 heavy (non-hydrogen) atoms. The van der Waals surface area contributed by atoms with E-state index < -0.39 is 5.41 Å². The lowest BCUT2D eigenvalue weighted by Crippen LogP contribution is -2.40. The van der Waals surface area contributed by atoms with Crippen molar-refractivity contribution in [2.75, 3.05) is 0 Å². The van der Waals surface area contributed by atoms with E-state index in [9.17, 15) is 0 Å². The minimum absolute atomic E-state index is 0.0909. The summed E-state index contributed by atoms with van der Waals surface area (Å²) in [4.78, 5) is 15.3. The fraction of sp³-hybridized carbons (Fsp3) is 0.109.